The first-order chi connectivity index (χ1) is 11.7. The number of para-hydroxylation sites is 1. The lowest BCUT2D eigenvalue weighted by Gasteiger charge is -2.00. The van der Waals surface area contributed by atoms with E-state index >= 15 is 0 Å². The van der Waals surface area contributed by atoms with Crippen molar-refractivity contribution in [3.8, 4) is 11.8 Å². The van der Waals surface area contributed by atoms with Gasteiger partial charge in [-0.1, -0.05) is 47.3 Å². The summed E-state index contributed by atoms with van der Waals surface area (Å²) in [6.07, 6.45) is 0. The molecule has 0 amide bonds. The second-order valence-electron chi connectivity index (χ2n) is 4.67. The Morgan fingerprint density at radius 1 is 1.17 bits per heavy atom. The second kappa shape index (κ2) is 8.20. The molecule has 1 heterocycles. The van der Waals surface area contributed by atoms with Crippen LogP contribution in [0.25, 0.3) is 10.2 Å². The molecule has 0 unspecified atom stereocenters. The van der Waals surface area contributed by atoms with E-state index in [1.165, 1.54) is 4.70 Å². The molecule has 0 fully saturated rings. The van der Waals surface area contributed by atoms with Gasteiger partial charge in [0.05, 0.1) is 21.5 Å². The number of rotatable bonds is 4. The van der Waals surface area contributed by atoms with Crippen LogP contribution in [0.2, 0.25) is 5.02 Å². The highest BCUT2D eigenvalue weighted by atomic mass is 35.5. The van der Waals surface area contributed by atoms with Crippen LogP contribution in [0.3, 0.4) is 0 Å². The third-order valence-electron chi connectivity index (χ3n) is 3.02. The average molecular weight is 374 g/mol. The number of esters is 1. The lowest BCUT2D eigenvalue weighted by atomic mass is 10.2. The third kappa shape index (κ3) is 4.51. The number of nitrogens with zero attached hydrogens (tertiary/aromatic N) is 1. The van der Waals surface area contributed by atoms with Crippen LogP contribution in [0.1, 0.15) is 10.4 Å². The van der Waals surface area contributed by atoms with Gasteiger partial charge >= 0.3 is 5.97 Å². The molecular formula is C18H12ClNO2S2. The van der Waals surface area contributed by atoms with Crippen molar-refractivity contribution in [3.63, 3.8) is 0 Å². The Labute approximate surface area is 153 Å². The molecule has 3 rings (SSSR count). The van der Waals surface area contributed by atoms with E-state index in [1.54, 1.807) is 47.4 Å². The van der Waals surface area contributed by atoms with Crippen LogP contribution in [0.5, 0.6) is 0 Å². The van der Waals surface area contributed by atoms with Crippen LogP contribution in [-0.4, -0.2) is 23.3 Å². The molecule has 24 heavy (non-hydrogen) atoms. The molecule has 120 valence electrons. The van der Waals surface area contributed by atoms with Crippen LogP contribution in [0.15, 0.2) is 52.9 Å². The zero-order chi connectivity index (χ0) is 16.8. The first-order valence-electron chi connectivity index (χ1n) is 7.09. The van der Waals surface area contributed by atoms with Crippen molar-refractivity contribution in [1.29, 1.82) is 0 Å². The molecule has 0 saturated carbocycles. The van der Waals surface area contributed by atoms with Crippen LogP contribution < -0.4 is 0 Å². The van der Waals surface area contributed by atoms with Crippen molar-refractivity contribution in [2.75, 3.05) is 12.4 Å². The average Bonchev–Trinajstić information content (AvgIpc) is 3.01. The predicted octanol–water partition coefficient (Wildman–Crippen LogP) is 4.90. The van der Waals surface area contributed by atoms with Gasteiger partial charge in [-0.15, -0.1) is 11.3 Å². The maximum atomic E-state index is 11.8. The molecule has 0 spiro atoms. The highest BCUT2D eigenvalue weighted by Crippen LogP contribution is 2.28. The van der Waals surface area contributed by atoms with Gasteiger partial charge in [0.2, 0.25) is 0 Å². The van der Waals surface area contributed by atoms with Gasteiger partial charge in [0.1, 0.15) is 0 Å². The lowest BCUT2D eigenvalue weighted by Crippen LogP contribution is -2.04. The highest BCUT2D eigenvalue weighted by Gasteiger charge is 2.05. The van der Waals surface area contributed by atoms with Crippen LogP contribution in [-0.2, 0) is 4.74 Å². The summed E-state index contributed by atoms with van der Waals surface area (Å²) in [5.74, 6) is 6.02. The minimum Gasteiger partial charge on any atom is -0.449 e. The summed E-state index contributed by atoms with van der Waals surface area (Å²) in [5.41, 5.74) is 1.47. The maximum Gasteiger partial charge on any atom is 0.339 e. The Bertz CT molecular complexity index is 877. The standard InChI is InChI=1S/C18H12ClNO2S2/c19-14-9-7-13(8-10-14)17(21)22-11-3-4-12-23-18-20-15-5-1-2-6-16(15)24-18/h1-2,5-10H,11-12H2. The Kier molecular flexibility index (Phi) is 5.76. The molecule has 3 nitrogen and oxygen atoms in total. The highest BCUT2D eigenvalue weighted by molar-refractivity contribution is 8.01. The zero-order valence-corrected chi connectivity index (χ0v) is 14.9. The van der Waals surface area contributed by atoms with Gasteiger partial charge in [-0.05, 0) is 36.4 Å². The summed E-state index contributed by atoms with van der Waals surface area (Å²) >= 11 is 9.01. The number of carbonyl (C=O) groups is 1. The summed E-state index contributed by atoms with van der Waals surface area (Å²) in [4.78, 5) is 16.3. The van der Waals surface area contributed by atoms with E-state index in [0.717, 1.165) is 9.86 Å². The number of carbonyl (C=O) groups excluding carboxylic acids is 1. The normalized spacial score (nSPS) is 10.2. The van der Waals surface area contributed by atoms with Gasteiger partial charge in [0, 0.05) is 5.02 Å². The van der Waals surface area contributed by atoms with E-state index in [9.17, 15) is 4.79 Å². The van der Waals surface area contributed by atoms with Gasteiger partial charge in [-0.25, -0.2) is 9.78 Å². The Morgan fingerprint density at radius 2 is 1.96 bits per heavy atom. The first kappa shape index (κ1) is 16.8. The number of hydrogen-bond acceptors (Lipinski definition) is 5. The summed E-state index contributed by atoms with van der Waals surface area (Å²) in [5, 5.41) is 0.582. The van der Waals surface area contributed by atoms with Crippen molar-refractivity contribution in [3.05, 3.63) is 59.1 Å². The quantitative estimate of drug-likeness (QED) is 0.370. The van der Waals surface area contributed by atoms with Crippen molar-refractivity contribution in [1.82, 2.24) is 4.98 Å². The number of thiazole rings is 1. The molecule has 0 aliphatic rings. The smallest absolute Gasteiger partial charge is 0.339 e. The predicted molar refractivity (Wildman–Crippen MR) is 99.9 cm³/mol. The van der Waals surface area contributed by atoms with Gasteiger partial charge in [-0.3, -0.25) is 0 Å². The van der Waals surface area contributed by atoms with Crippen LogP contribution >= 0.6 is 34.7 Å². The summed E-state index contributed by atoms with van der Waals surface area (Å²) in [6.45, 7) is 0.0713. The molecule has 3 aromatic rings. The van der Waals surface area contributed by atoms with Gasteiger partial charge in [-0.2, -0.15) is 0 Å². The molecule has 0 N–H and O–H groups in total. The fraction of sp³-hybridized carbons (Fsp3) is 0.111. The fourth-order valence-electron chi connectivity index (χ4n) is 1.88. The van der Waals surface area contributed by atoms with E-state index in [4.69, 9.17) is 16.3 Å². The molecule has 2 aromatic carbocycles. The summed E-state index contributed by atoms with van der Waals surface area (Å²) in [7, 11) is 0. The number of ether oxygens (including phenoxy) is 1. The number of fused-ring (bicyclic) bond motifs is 1. The zero-order valence-electron chi connectivity index (χ0n) is 12.5. The van der Waals surface area contributed by atoms with Crippen molar-refractivity contribution in [2.45, 2.75) is 4.34 Å². The number of benzene rings is 2. The minimum atomic E-state index is -0.403. The molecule has 0 radical (unpaired) electrons. The second-order valence-corrected chi connectivity index (χ2v) is 7.36. The van der Waals surface area contributed by atoms with E-state index < -0.39 is 5.97 Å². The van der Waals surface area contributed by atoms with Crippen molar-refractivity contribution in [2.24, 2.45) is 0 Å². The van der Waals surface area contributed by atoms with Crippen molar-refractivity contribution < 1.29 is 9.53 Å². The number of aromatic nitrogens is 1. The van der Waals surface area contributed by atoms with Crippen LogP contribution in [0, 0.1) is 11.8 Å². The molecule has 0 atom stereocenters. The largest absolute Gasteiger partial charge is 0.449 e. The van der Waals surface area contributed by atoms with Gasteiger partial charge in [0.25, 0.3) is 0 Å². The molecule has 0 aliphatic carbocycles. The SMILES string of the molecule is O=C(OCC#CCSc1nc2ccccc2s1)c1ccc(Cl)cc1. The first-order valence-corrected chi connectivity index (χ1v) is 9.27. The minimum absolute atomic E-state index is 0.0713. The molecular weight excluding hydrogens is 362 g/mol. The molecule has 0 aliphatic heterocycles. The topological polar surface area (TPSA) is 39.2 Å². The van der Waals surface area contributed by atoms with E-state index in [0.29, 0.717) is 16.3 Å². The Morgan fingerprint density at radius 3 is 2.75 bits per heavy atom. The Hall–Kier alpha value is -2.00. The molecule has 6 heteroatoms. The molecule has 0 bridgehead atoms. The summed E-state index contributed by atoms with van der Waals surface area (Å²) < 4.78 is 7.25. The number of thioether (sulfide) groups is 1. The molecule has 0 saturated heterocycles. The summed E-state index contributed by atoms with van der Waals surface area (Å²) in [6, 6.07) is 14.6. The van der Waals surface area contributed by atoms with Crippen molar-refractivity contribution >= 4 is 50.9 Å². The Balaban J connectivity index is 1.44. The van der Waals surface area contributed by atoms with Gasteiger partial charge in [0.15, 0.2) is 10.9 Å². The van der Waals surface area contributed by atoms with E-state index in [2.05, 4.69) is 22.9 Å². The fourth-order valence-corrected chi connectivity index (χ4v) is 3.85. The monoisotopic (exact) mass is 373 g/mol. The number of hydrogen-bond donors (Lipinski definition) is 0. The lowest BCUT2D eigenvalue weighted by molar-refractivity contribution is 0.0556. The van der Waals surface area contributed by atoms with Gasteiger partial charge < -0.3 is 4.74 Å². The van der Waals surface area contributed by atoms with E-state index in [1.807, 2.05) is 18.2 Å². The number of halogens is 1. The van der Waals surface area contributed by atoms with E-state index in [-0.39, 0.29) is 6.61 Å². The maximum absolute atomic E-state index is 11.8. The third-order valence-corrected chi connectivity index (χ3v) is 5.34. The molecule has 1 aromatic heterocycles. The van der Waals surface area contributed by atoms with Crippen LogP contribution in [0.4, 0.5) is 0 Å².